The maximum absolute atomic E-state index is 13.0. The van der Waals surface area contributed by atoms with Gasteiger partial charge in [-0.2, -0.15) is 0 Å². The first-order chi connectivity index (χ1) is 12.1. The molecule has 0 aliphatic carbocycles. The fourth-order valence-corrected chi connectivity index (χ4v) is 2.73. The van der Waals surface area contributed by atoms with Gasteiger partial charge in [-0.15, -0.1) is 0 Å². The normalized spacial score (nSPS) is 11.4. The van der Waals surface area contributed by atoms with Gasteiger partial charge in [-0.05, 0) is 64.0 Å². The third-order valence-electron chi connectivity index (χ3n) is 3.54. The van der Waals surface area contributed by atoms with Crippen molar-refractivity contribution in [3.63, 3.8) is 0 Å². The van der Waals surface area contributed by atoms with Gasteiger partial charge in [-0.1, -0.05) is 6.07 Å². The summed E-state index contributed by atoms with van der Waals surface area (Å²) in [6, 6.07) is 11.6. The Hall–Kier alpha value is -2.60. The molecule has 3 aromatic rings. The van der Waals surface area contributed by atoms with Gasteiger partial charge in [0.15, 0.2) is 17.3 Å². The standard InChI is InChI=1S/C19H15BrFNO3/c1-23-16-8-3-12(10-17(16)24-2)9-15(20)19-22-11-18(25-19)13-4-6-14(21)7-5-13/h3-11H,1-2H3/b15-9-. The van der Waals surface area contributed by atoms with Crippen molar-refractivity contribution < 1.29 is 18.3 Å². The molecule has 25 heavy (non-hydrogen) atoms. The Morgan fingerprint density at radius 1 is 1.08 bits per heavy atom. The predicted octanol–water partition coefficient (Wildman–Crippen LogP) is 5.39. The zero-order chi connectivity index (χ0) is 17.8. The maximum Gasteiger partial charge on any atom is 0.233 e. The molecule has 1 aromatic heterocycles. The summed E-state index contributed by atoms with van der Waals surface area (Å²) in [5.74, 6) is 1.99. The van der Waals surface area contributed by atoms with E-state index in [0.717, 1.165) is 11.1 Å². The smallest absolute Gasteiger partial charge is 0.233 e. The van der Waals surface area contributed by atoms with Gasteiger partial charge in [0.1, 0.15) is 5.82 Å². The van der Waals surface area contributed by atoms with Crippen LogP contribution in [0.5, 0.6) is 11.5 Å². The Labute approximate surface area is 153 Å². The van der Waals surface area contributed by atoms with Crippen LogP contribution in [0, 0.1) is 5.82 Å². The van der Waals surface area contributed by atoms with E-state index in [9.17, 15) is 4.39 Å². The summed E-state index contributed by atoms with van der Waals surface area (Å²) in [4.78, 5) is 4.26. The fourth-order valence-electron chi connectivity index (χ4n) is 2.28. The third-order valence-corrected chi connectivity index (χ3v) is 4.11. The van der Waals surface area contributed by atoms with Gasteiger partial charge in [0.05, 0.1) is 24.9 Å². The lowest BCUT2D eigenvalue weighted by atomic mass is 10.2. The molecular weight excluding hydrogens is 389 g/mol. The van der Waals surface area contributed by atoms with Gasteiger partial charge in [0.25, 0.3) is 0 Å². The van der Waals surface area contributed by atoms with Gasteiger partial charge in [-0.25, -0.2) is 9.37 Å². The number of rotatable bonds is 5. The monoisotopic (exact) mass is 403 g/mol. The van der Waals surface area contributed by atoms with E-state index in [4.69, 9.17) is 13.9 Å². The molecule has 2 aromatic carbocycles. The molecule has 0 aliphatic heterocycles. The number of nitrogens with zero attached hydrogens (tertiary/aromatic N) is 1. The lowest BCUT2D eigenvalue weighted by Gasteiger charge is -2.07. The van der Waals surface area contributed by atoms with E-state index in [1.54, 1.807) is 32.5 Å². The highest BCUT2D eigenvalue weighted by Crippen LogP contribution is 2.32. The topological polar surface area (TPSA) is 44.5 Å². The molecule has 0 saturated heterocycles. The molecule has 0 radical (unpaired) electrons. The summed E-state index contributed by atoms with van der Waals surface area (Å²) in [5, 5.41) is 0. The lowest BCUT2D eigenvalue weighted by molar-refractivity contribution is 0.355. The number of halogens is 2. The number of aromatic nitrogens is 1. The number of ether oxygens (including phenoxy) is 2. The minimum Gasteiger partial charge on any atom is -0.493 e. The minimum atomic E-state index is -0.294. The summed E-state index contributed by atoms with van der Waals surface area (Å²) in [6.07, 6.45) is 3.47. The van der Waals surface area contributed by atoms with Crippen molar-refractivity contribution in [2.45, 2.75) is 0 Å². The molecule has 0 spiro atoms. The van der Waals surface area contributed by atoms with E-state index >= 15 is 0 Å². The second kappa shape index (κ2) is 7.53. The van der Waals surface area contributed by atoms with Crippen LogP contribution in [0.1, 0.15) is 11.5 Å². The first-order valence-electron chi connectivity index (χ1n) is 7.42. The van der Waals surface area contributed by atoms with Crippen molar-refractivity contribution in [2.75, 3.05) is 14.2 Å². The Bertz CT molecular complexity index is 903. The van der Waals surface area contributed by atoms with E-state index in [1.807, 2.05) is 24.3 Å². The molecule has 0 saturated carbocycles. The van der Waals surface area contributed by atoms with Gasteiger partial charge in [-0.3, -0.25) is 0 Å². The SMILES string of the molecule is COc1ccc(/C=C(\Br)c2ncc(-c3ccc(F)cc3)o2)cc1OC. The van der Waals surface area contributed by atoms with Crippen LogP contribution >= 0.6 is 15.9 Å². The Kier molecular flexibility index (Phi) is 5.19. The molecule has 128 valence electrons. The van der Waals surface area contributed by atoms with Crippen LogP contribution < -0.4 is 9.47 Å². The van der Waals surface area contributed by atoms with Crippen molar-refractivity contribution in [3.05, 3.63) is 65.9 Å². The lowest BCUT2D eigenvalue weighted by Crippen LogP contribution is -1.90. The Morgan fingerprint density at radius 2 is 1.80 bits per heavy atom. The molecule has 0 amide bonds. The molecule has 0 aliphatic rings. The second-order valence-electron chi connectivity index (χ2n) is 5.14. The Morgan fingerprint density at radius 3 is 2.48 bits per heavy atom. The largest absolute Gasteiger partial charge is 0.493 e. The average molecular weight is 404 g/mol. The van der Waals surface area contributed by atoms with Crippen molar-refractivity contribution in [1.82, 2.24) is 4.98 Å². The molecule has 6 heteroatoms. The van der Waals surface area contributed by atoms with E-state index < -0.39 is 0 Å². The number of hydrogen-bond donors (Lipinski definition) is 0. The highest BCUT2D eigenvalue weighted by molar-refractivity contribution is 9.15. The fraction of sp³-hybridized carbons (Fsp3) is 0.105. The molecule has 0 atom stereocenters. The van der Waals surface area contributed by atoms with Crippen LogP contribution in [0.25, 0.3) is 21.9 Å². The summed E-state index contributed by atoms with van der Waals surface area (Å²) in [6.45, 7) is 0. The molecule has 0 bridgehead atoms. The highest BCUT2D eigenvalue weighted by atomic mass is 79.9. The van der Waals surface area contributed by atoms with Crippen molar-refractivity contribution in [3.8, 4) is 22.8 Å². The van der Waals surface area contributed by atoms with Crippen LogP contribution in [0.4, 0.5) is 4.39 Å². The van der Waals surface area contributed by atoms with Gasteiger partial charge in [0, 0.05) is 5.56 Å². The number of benzene rings is 2. The highest BCUT2D eigenvalue weighted by Gasteiger charge is 2.10. The van der Waals surface area contributed by atoms with Crippen LogP contribution in [0.2, 0.25) is 0 Å². The van der Waals surface area contributed by atoms with Crippen LogP contribution in [-0.2, 0) is 0 Å². The molecule has 0 unspecified atom stereocenters. The average Bonchev–Trinajstić information content (AvgIpc) is 3.12. The molecule has 0 N–H and O–H groups in total. The second-order valence-corrected chi connectivity index (χ2v) is 6.00. The van der Waals surface area contributed by atoms with Gasteiger partial charge < -0.3 is 13.9 Å². The Balaban J connectivity index is 1.87. The van der Waals surface area contributed by atoms with E-state index in [1.165, 1.54) is 12.1 Å². The predicted molar refractivity (Wildman–Crippen MR) is 98.2 cm³/mol. The molecule has 1 heterocycles. The van der Waals surface area contributed by atoms with Crippen LogP contribution in [-0.4, -0.2) is 19.2 Å². The summed E-state index contributed by atoms with van der Waals surface area (Å²) in [7, 11) is 3.18. The number of hydrogen-bond acceptors (Lipinski definition) is 4. The third kappa shape index (κ3) is 3.91. The van der Waals surface area contributed by atoms with E-state index in [-0.39, 0.29) is 5.82 Å². The van der Waals surface area contributed by atoms with Gasteiger partial charge >= 0.3 is 0 Å². The maximum atomic E-state index is 13.0. The minimum absolute atomic E-state index is 0.294. The van der Waals surface area contributed by atoms with E-state index in [0.29, 0.717) is 27.6 Å². The number of oxazole rings is 1. The number of methoxy groups -OCH3 is 2. The molecular formula is C19H15BrFNO3. The van der Waals surface area contributed by atoms with Crippen molar-refractivity contribution in [1.29, 1.82) is 0 Å². The first-order valence-corrected chi connectivity index (χ1v) is 8.21. The zero-order valence-electron chi connectivity index (χ0n) is 13.6. The van der Waals surface area contributed by atoms with Crippen molar-refractivity contribution in [2.24, 2.45) is 0 Å². The van der Waals surface area contributed by atoms with Crippen LogP contribution in [0.15, 0.2) is 53.1 Å². The van der Waals surface area contributed by atoms with Gasteiger partial charge in [0.2, 0.25) is 5.89 Å². The first kappa shape index (κ1) is 17.2. The molecule has 3 rings (SSSR count). The quantitative estimate of drug-likeness (QED) is 0.572. The zero-order valence-corrected chi connectivity index (χ0v) is 15.2. The summed E-state index contributed by atoms with van der Waals surface area (Å²) >= 11 is 3.48. The summed E-state index contributed by atoms with van der Waals surface area (Å²) < 4.78 is 29.9. The van der Waals surface area contributed by atoms with Crippen molar-refractivity contribution >= 4 is 26.5 Å². The molecule has 0 fully saturated rings. The van der Waals surface area contributed by atoms with Crippen LogP contribution in [0.3, 0.4) is 0 Å². The molecule has 4 nitrogen and oxygen atoms in total. The van der Waals surface area contributed by atoms with E-state index in [2.05, 4.69) is 20.9 Å². The summed E-state index contributed by atoms with van der Waals surface area (Å²) in [5.41, 5.74) is 1.65.